The summed E-state index contributed by atoms with van der Waals surface area (Å²) in [5.41, 5.74) is 1.49. The van der Waals surface area contributed by atoms with Crippen LogP contribution in [-0.2, 0) is 14.3 Å². The van der Waals surface area contributed by atoms with Gasteiger partial charge in [-0.2, -0.15) is 0 Å². The molecule has 1 N–H and O–H groups in total. The van der Waals surface area contributed by atoms with Crippen molar-refractivity contribution in [3.63, 3.8) is 0 Å². The van der Waals surface area contributed by atoms with E-state index in [9.17, 15) is 9.59 Å². The first-order valence-electron chi connectivity index (χ1n) is 8.06. The van der Waals surface area contributed by atoms with Gasteiger partial charge in [-0.3, -0.25) is 4.79 Å². The number of rotatable bonds is 7. The predicted molar refractivity (Wildman–Crippen MR) is 97.3 cm³/mol. The van der Waals surface area contributed by atoms with Crippen molar-refractivity contribution in [3.05, 3.63) is 66.2 Å². The Hall–Kier alpha value is -3.08. The van der Waals surface area contributed by atoms with Crippen molar-refractivity contribution in [2.24, 2.45) is 0 Å². The molecule has 0 aliphatic carbocycles. The zero-order valence-electron chi connectivity index (χ0n) is 14.3. The van der Waals surface area contributed by atoms with Crippen LogP contribution in [0.5, 0.6) is 5.75 Å². The highest BCUT2D eigenvalue weighted by Crippen LogP contribution is 2.16. The average molecular weight is 339 g/mol. The Kier molecular flexibility index (Phi) is 6.77. The molecule has 0 fully saturated rings. The molecule has 2 rings (SSSR count). The van der Waals surface area contributed by atoms with Crippen molar-refractivity contribution in [2.45, 2.75) is 20.0 Å². The minimum atomic E-state index is -0.903. The molecule has 1 atom stereocenters. The molecule has 0 spiro atoms. The molecular formula is C20H21NO4. The third-order valence-corrected chi connectivity index (χ3v) is 3.31. The van der Waals surface area contributed by atoms with E-state index < -0.39 is 18.0 Å². The number of hydrogen-bond donors (Lipinski definition) is 1. The minimum Gasteiger partial charge on any atom is -0.494 e. The number of nitrogens with one attached hydrogen (secondary N) is 1. The first-order valence-corrected chi connectivity index (χ1v) is 8.06. The smallest absolute Gasteiger partial charge is 0.331 e. The molecule has 0 aliphatic rings. The van der Waals surface area contributed by atoms with Gasteiger partial charge in [0.2, 0.25) is 0 Å². The lowest BCUT2D eigenvalue weighted by molar-refractivity contribution is -0.148. The Morgan fingerprint density at radius 2 is 1.76 bits per heavy atom. The lowest BCUT2D eigenvalue weighted by atomic mass is 10.2. The molecule has 0 bridgehead atoms. The molecule has 0 heterocycles. The summed E-state index contributed by atoms with van der Waals surface area (Å²) in [5, 5.41) is 2.69. The molecule has 2 aromatic rings. The number of amides is 1. The van der Waals surface area contributed by atoms with Gasteiger partial charge in [0.1, 0.15) is 5.75 Å². The SMILES string of the molecule is CCOc1ccc(NC(=O)[C@@H](C)OC(=O)/C=C/c2ccccc2)cc1. The molecule has 5 nitrogen and oxygen atoms in total. The summed E-state index contributed by atoms with van der Waals surface area (Å²) in [6.07, 6.45) is 2.04. The lowest BCUT2D eigenvalue weighted by Gasteiger charge is -2.12. The second-order valence-corrected chi connectivity index (χ2v) is 5.27. The van der Waals surface area contributed by atoms with Gasteiger partial charge < -0.3 is 14.8 Å². The first-order chi connectivity index (χ1) is 12.1. The van der Waals surface area contributed by atoms with Crippen molar-refractivity contribution in [1.29, 1.82) is 0 Å². The number of benzene rings is 2. The highest BCUT2D eigenvalue weighted by Gasteiger charge is 2.16. The van der Waals surface area contributed by atoms with Crippen molar-refractivity contribution in [2.75, 3.05) is 11.9 Å². The van der Waals surface area contributed by atoms with Gasteiger partial charge in [-0.25, -0.2) is 4.79 Å². The van der Waals surface area contributed by atoms with Crippen LogP contribution in [0.3, 0.4) is 0 Å². The van der Waals surface area contributed by atoms with Gasteiger partial charge in [-0.05, 0) is 49.8 Å². The van der Waals surface area contributed by atoms with Crippen molar-refractivity contribution < 1.29 is 19.1 Å². The molecule has 130 valence electrons. The fourth-order valence-electron chi connectivity index (χ4n) is 2.04. The van der Waals surface area contributed by atoms with E-state index in [-0.39, 0.29) is 0 Å². The van der Waals surface area contributed by atoms with Crippen LogP contribution in [0.2, 0.25) is 0 Å². The fraction of sp³-hybridized carbons (Fsp3) is 0.200. The average Bonchev–Trinajstić information content (AvgIpc) is 2.62. The Bertz CT molecular complexity index is 723. The largest absolute Gasteiger partial charge is 0.494 e. The van der Waals surface area contributed by atoms with Gasteiger partial charge in [0.15, 0.2) is 6.10 Å². The van der Waals surface area contributed by atoms with E-state index in [0.29, 0.717) is 12.3 Å². The van der Waals surface area contributed by atoms with Crippen molar-refractivity contribution in [1.82, 2.24) is 0 Å². The zero-order valence-corrected chi connectivity index (χ0v) is 14.3. The Morgan fingerprint density at radius 1 is 1.08 bits per heavy atom. The molecule has 0 unspecified atom stereocenters. The van der Waals surface area contributed by atoms with Crippen molar-refractivity contribution >= 4 is 23.6 Å². The normalized spacial score (nSPS) is 11.8. The monoisotopic (exact) mass is 339 g/mol. The summed E-state index contributed by atoms with van der Waals surface area (Å²) in [4.78, 5) is 23.9. The maximum absolute atomic E-state index is 12.1. The van der Waals surface area contributed by atoms with Crippen molar-refractivity contribution in [3.8, 4) is 5.75 Å². The van der Waals surface area contributed by atoms with Crippen LogP contribution in [0.25, 0.3) is 6.08 Å². The molecular weight excluding hydrogens is 318 g/mol. The summed E-state index contributed by atoms with van der Waals surface area (Å²) < 4.78 is 10.4. The second-order valence-electron chi connectivity index (χ2n) is 5.27. The maximum Gasteiger partial charge on any atom is 0.331 e. The molecule has 25 heavy (non-hydrogen) atoms. The molecule has 5 heteroatoms. The molecule has 0 saturated heterocycles. The Labute approximate surface area is 147 Å². The van der Waals surface area contributed by atoms with Crippen LogP contribution in [0, 0.1) is 0 Å². The van der Waals surface area contributed by atoms with E-state index in [1.54, 1.807) is 30.3 Å². The van der Waals surface area contributed by atoms with Crippen LogP contribution in [0.15, 0.2) is 60.7 Å². The molecule has 1 amide bonds. The topological polar surface area (TPSA) is 64.6 Å². The highest BCUT2D eigenvalue weighted by molar-refractivity contribution is 5.96. The standard InChI is InChI=1S/C20H21NO4/c1-3-24-18-12-10-17(11-13-18)21-20(23)15(2)25-19(22)14-9-16-7-5-4-6-8-16/h4-15H,3H2,1-2H3,(H,21,23)/b14-9+/t15-/m1/s1. The van der Waals surface area contributed by atoms with Gasteiger partial charge in [0.05, 0.1) is 6.61 Å². The predicted octanol–water partition coefficient (Wildman–Crippen LogP) is 3.67. The zero-order chi connectivity index (χ0) is 18.1. The van der Waals surface area contributed by atoms with E-state index in [1.807, 2.05) is 37.3 Å². The van der Waals surface area contributed by atoms with Crippen LogP contribution in [0.1, 0.15) is 19.4 Å². The summed E-state index contributed by atoms with van der Waals surface area (Å²) in [6.45, 7) is 4.01. The van der Waals surface area contributed by atoms with Crippen LogP contribution >= 0.6 is 0 Å². The van der Waals surface area contributed by atoms with E-state index in [0.717, 1.165) is 11.3 Å². The lowest BCUT2D eigenvalue weighted by Crippen LogP contribution is -2.29. The molecule has 0 aromatic heterocycles. The Morgan fingerprint density at radius 3 is 2.40 bits per heavy atom. The quantitative estimate of drug-likeness (QED) is 0.617. The van der Waals surface area contributed by atoms with Crippen LogP contribution in [0.4, 0.5) is 5.69 Å². The molecule has 0 saturated carbocycles. The highest BCUT2D eigenvalue weighted by atomic mass is 16.5. The number of carbonyl (C=O) groups excluding carboxylic acids is 2. The number of esters is 1. The summed E-state index contributed by atoms with van der Waals surface area (Å²) in [7, 11) is 0. The van der Waals surface area contributed by atoms with Gasteiger partial charge in [-0.1, -0.05) is 30.3 Å². The third kappa shape index (κ3) is 6.14. The van der Waals surface area contributed by atoms with E-state index in [1.165, 1.54) is 13.0 Å². The van der Waals surface area contributed by atoms with E-state index >= 15 is 0 Å². The van der Waals surface area contributed by atoms with E-state index in [4.69, 9.17) is 9.47 Å². The number of carbonyl (C=O) groups is 2. The van der Waals surface area contributed by atoms with Gasteiger partial charge in [0.25, 0.3) is 5.91 Å². The number of hydrogen-bond acceptors (Lipinski definition) is 4. The van der Waals surface area contributed by atoms with Gasteiger partial charge in [-0.15, -0.1) is 0 Å². The maximum atomic E-state index is 12.1. The number of ether oxygens (including phenoxy) is 2. The molecule has 2 aromatic carbocycles. The first kappa shape index (κ1) is 18.3. The summed E-state index contributed by atoms with van der Waals surface area (Å²) in [6, 6.07) is 16.4. The van der Waals surface area contributed by atoms with Crippen LogP contribution < -0.4 is 10.1 Å². The summed E-state index contributed by atoms with van der Waals surface area (Å²) in [5.74, 6) is -0.241. The fourth-order valence-corrected chi connectivity index (χ4v) is 2.04. The van der Waals surface area contributed by atoms with Gasteiger partial charge in [0, 0.05) is 11.8 Å². The number of anilines is 1. The van der Waals surface area contributed by atoms with Gasteiger partial charge >= 0.3 is 5.97 Å². The van der Waals surface area contributed by atoms with E-state index in [2.05, 4.69) is 5.32 Å². The molecule has 0 radical (unpaired) electrons. The third-order valence-electron chi connectivity index (χ3n) is 3.31. The minimum absolute atomic E-state index is 0.398. The Balaban J connectivity index is 1.84. The second kappa shape index (κ2) is 9.27. The summed E-state index contributed by atoms with van der Waals surface area (Å²) >= 11 is 0. The van der Waals surface area contributed by atoms with Crippen LogP contribution in [-0.4, -0.2) is 24.6 Å². The molecule has 0 aliphatic heterocycles.